The van der Waals surface area contributed by atoms with Crippen molar-refractivity contribution in [2.24, 2.45) is 5.92 Å². The van der Waals surface area contributed by atoms with Crippen molar-refractivity contribution in [2.45, 2.75) is 58.0 Å². The Morgan fingerprint density at radius 3 is 2.77 bits per heavy atom. The predicted molar refractivity (Wildman–Crippen MR) is 126 cm³/mol. The van der Waals surface area contributed by atoms with E-state index in [2.05, 4.69) is 28.4 Å². The maximum atomic E-state index is 13.8. The van der Waals surface area contributed by atoms with Crippen LogP contribution in [0.3, 0.4) is 0 Å². The van der Waals surface area contributed by atoms with Crippen LogP contribution in [-0.4, -0.2) is 24.9 Å². The summed E-state index contributed by atoms with van der Waals surface area (Å²) < 4.78 is 3.91. The quantitative estimate of drug-likeness (QED) is 0.390. The van der Waals surface area contributed by atoms with Gasteiger partial charge in [0.05, 0.1) is 11.1 Å². The molecule has 1 aliphatic carbocycles. The minimum absolute atomic E-state index is 0.0392. The van der Waals surface area contributed by atoms with E-state index in [1.165, 1.54) is 16.9 Å². The molecule has 1 aromatic carbocycles. The zero-order chi connectivity index (χ0) is 20.8. The minimum atomic E-state index is 0.0392. The topological polar surface area (TPSA) is 52.2 Å². The molecule has 0 amide bonds. The lowest BCUT2D eigenvalue weighted by Gasteiger charge is -2.13. The van der Waals surface area contributed by atoms with E-state index in [0.717, 1.165) is 58.1 Å². The number of fused-ring (bicyclic) bond motifs is 5. The van der Waals surface area contributed by atoms with Gasteiger partial charge in [0, 0.05) is 10.6 Å². The molecule has 0 N–H and O–H groups in total. The molecule has 0 bridgehead atoms. The van der Waals surface area contributed by atoms with Gasteiger partial charge in [0.1, 0.15) is 4.83 Å². The molecule has 0 aliphatic heterocycles. The molecule has 7 heteroatoms. The van der Waals surface area contributed by atoms with Gasteiger partial charge in [-0.05, 0) is 62.1 Å². The fraction of sp³-hybridized carbons (Fsp3) is 0.435. The smallest absolute Gasteiger partial charge is 0.268 e. The Labute approximate surface area is 184 Å². The largest absolute Gasteiger partial charge is 0.268 e. The van der Waals surface area contributed by atoms with Crippen molar-refractivity contribution in [3.8, 4) is 5.69 Å². The van der Waals surface area contributed by atoms with Crippen LogP contribution in [0.5, 0.6) is 0 Å². The number of para-hydroxylation sites is 1. The van der Waals surface area contributed by atoms with Gasteiger partial charge < -0.3 is 0 Å². The van der Waals surface area contributed by atoms with E-state index < -0.39 is 0 Å². The van der Waals surface area contributed by atoms with Gasteiger partial charge in [0.25, 0.3) is 5.56 Å². The van der Waals surface area contributed by atoms with E-state index in [-0.39, 0.29) is 5.56 Å². The van der Waals surface area contributed by atoms with Crippen LogP contribution in [0.15, 0.2) is 34.2 Å². The molecule has 3 aromatic heterocycles. The van der Waals surface area contributed by atoms with E-state index in [1.54, 1.807) is 27.7 Å². The molecule has 0 unspecified atom stereocenters. The monoisotopic (exact) mass is 438 g/mol. The lowest BCUT2D eigenvalue weighted by atomic mass is 9.97. The van der Waals surface area contributed by atoms with Crippen molar-refractivity contribution >= 4 is 39.1 Å². The minimum Gasteiger partial charge on any atom is -0.268 e. The van der Waals surface area contributed by atoms with Gasteiger partial charge in [-0.2, -0.15) is 0 Å². The average molecular weight is 439 g/mol. The van der Waals surface area contributed by atoms with Crippen LogP contribution in [0, 0.1) is 12.8 Å². The first-order valence-electron chi connectivity index (χ1n) is 10.7. The standard InChI is InChI=1S/C23H26N4OS2/c1-14(2)12-13-29-23-25-24-22-26(17-10-6-4-8-15(17)3)20(28)19-16-9-5-7-11-18(16)30-21(19)27(22)23/h4,6,8,10,14H,5,7,9,11-13H2,1-3H3. The molecule has 30 heavy (non-hydrogen) atoms. The molecule has 0 atom stereocenters. The number of thiophene rings is 1. The van der Waals surface area contributed by atoms with Crippen molar-refractivity contribution in [3.05, 3.63) is 50.6 Å². The second kappa shape index (κ2) is 7.85. The Balaban J connectivity index is 1.83. The molecule has 0 spiro atoms. The van der Waals surface area contributed by atoms with Crippen molar-refractivity contribution in [1.82, 2.24) is 19.2 Å². The lowest BCUT2D eigenvalue weighted by Crippen LogP contribution is -2.23. The first kappa shape index (κ1) is 19.8. The van der Waals surface area contributed by atoms with E-state index in [4.69, 9.17) is 0 Å². The maximum Gasteiger partial charge on any atom is 0.268 e. The summed E-state index contributed by atoms with van der Waals surface area (Å²) in [6.07, 6.45) is 5.53. The molecule has 0 saturated carbocycles. The number of hydrogen-bond acceptors (Lipinski definition) is 5. The molecule has 0 fully saturated rings. The number of aromatic nitrogens is 4. The Bertz CT molecular complexity index is 1300. The number of hydrogen-bond donors (Lipinski definition) is 0. The highest BCUT2D eigenvalue weighted by Crippen LogP contribution is 2.37. The van der Waals surface area contributed by atoms with Crippen LogP contribution in [-0.2, 0) is 12.8 Å². The lowest BCUT2D eigenvalue weighted by molar-refractivity contribution is 0.631. The van der Waals surface area contributed by atoms with Crippen LogP contribution in [0.2, 0.25) is 0 Å². The normalized spacial score (nSPS) is 14.1. The van der Waals surface area contributed by atoms with Crippen molar-refractivity contribution in [3.63, 3.8) is 0 Å². The molecule has 5 rings (SSSR count). The van der Waals surface area contributed by atoms with Crippen LogP contribution < -0.4 is 5.56 Å². The molecule has 0 radical (unpaired) electrons. The van der Waals surface area contributed by atoms with Crippen LogP contribution >= 0.6 is 23.1 Å². The zero-order valence-electron chi connectivity index (χ0n) is 17.6. The van der Waals surface area contributed by atoms with Gasteiger partial charge in [-0.25, -0.2) is 8.97 Å². The molecule has 3 heterocycles. The highest BCUT2D eigenvalue weighted by Gasteiger charge is 2.25. The second-order valence-electron chi connectivity index (χ2n) is 8.47. The van der Waals surface area contributed by atoms with Gasteiger partial charge in [-0.1, -0.05) is 43.8 Å². The van der Waals surface area contributed by atoms with E-state index in [0.29, 0.717) is 11.7 Å². The van der Waals surface area contributed by atoms with Gasteiger partial charge in [0.2, 0.25) is 5.78 Å². The molecule has 1 aliphatic rings. The Hall–Kier alpha value is -2.12. The van der Waals surface area contributed by atoms with Gasteiger partial charge in [0.15, 0.2) is 5.16 Å². The van der Waals surface area contributed by atoms with Gasteiger partial charge in [-0.3, -0.25) is 4.79 Å². The van der Waals surface area contributed by atoms with Crippen LogP contribution in [0.4, 0.5) is 0 Å². The second-order valence-corrected chi connectivity index (χ2v) is 10.6. The third-order valence-electron chi connectivity index (χ3n) is 5.87. The van der Waals surface area contributed by atoms with Crippen molar-refractivity contribution in [1.29, 1.82) is 0 Å². The molecule has 4 aromatic rings. The maximum absolute atomic E-state index is 13.8. The van der Waals surface area contributed by atoms with Crippen molar-refractivity contribution < 1.29 is 0 Å². The summed E-state index contributed by atoms with van der Waals surface area (Å²) in [6.45, 7) is 6.52. The average Bonchev–Trinajstić information content (AvgIpc) is 3.31. The highest BCUT2D eigenvalue weighted by molar-refractivity contribution is 7.99. The zero-order valence-corrected chi connectivity index (χ0v) is 19.3. The summed E-state index contributed by atoms with van der Waals surface area (Å²) in [5.74, 6) is 2.26. The molecule has 0 saturated heterocycles. The third kappa shape index (κ3) is 3.19. The summed E-state index contributed by atoms with van der Waals surface area (Å²) in [6, 6.07) is 8.03. The number of thioether (sulfide) groups is 1. The molecule has 156 valence electrons. The number of nitrogens with zero attached hydrogens (tertiary/aromatic N) is 4. The van der Waals surface area contributed by atoms with E-state index >= 15 is 0 Å². The van der Waals surface area contributed by atoms with E-state index in [9.17, 15) is 4.79 Å². The molecule has 5 nitrogen and oxygen atoms in total. The Morgan fingerprint density at radius 2 is 1.97 bits per heavy atom. The number of aryl methyl sites for hydroxylation is 3. The van der Waals surface area contributed by atoms with E-state index in [1.807, 2.05) is 31.2 Å². The summed E-state index contributed by atoms with van der Waals surface area (Å²) >= 11 is 3.51. The third-order valence-corrected chi connectivity index (χ3v) is 8.11. The summed E-state index contributed by atoms with van der Waals surface area (Å²) in [5, 5.41) is 10.8. The first-order chi connectivity index (χ1) is 14.6. The summed E-state index contributed by atoms with van der Waals surface area (Å²) in [7, 11) is 0. The van der Waals surface area contributed by atoms with Gasteiger partial charge in [-0.15, -0.1) is 21.5 Å². The predicted octanol–water partition coefficient (Wildman–Crippen LogP) is 5.42. The number of benzene rings is 1. The number of rotatable bonds is 5. The summed E-state index contributed by atoms with van der Waals surface area (Å²) in [4.78, 5) is 16.2. The summed E-state index contributed by atoms with van der Waals surface area (Å²) in [5.41, 5.74) is 3.23. The first-order valence-corrected chi connectivity index (χ1v) is 12.5. The van der Waals surface area contributed by atoms with Crippen molar-refractivity contribution in [2.75, 3.05) is 5.75 Å². The van der Waals surface area contributed by atoms with Gasteiger partial charge >= 0.3 is 0 Å². The van der Waals surface area contributed by atoms with Crippen LogP contribution in [0.1, 0.15) is 49.1 Å². The highest BCUT2D eigenvalue weighted by atomic mass is 32.2. The Kier molecular flexibility index (Phi) is 5.19. The fourth-order valence-electron chi connectivity index (χ4n) is 4.23. The van der Waals surface area contributed by atoms with Crippen LogP contribution in [0.25, 0.3) is 21.7 Å². The molecular formula is C23H26N4OS2. The Morgan fingerprint density at radius 1 is 1.17 bits per heavy atom. The molecular weight excluding hydrogens is 412 g/mol. The fourth-order valence-corrected chi connectivity index (χ4v) is 6.84. The SMILES string of the molecule is Cc1ccccc1-n1c(=O)c2c3c(sc2n2c(SCCC(C)C)nnc12)CCCC3.